The van der Waals surface area contributed by atoms with Gasteiger partial charge in [0.2, 0.25) is 0 Å². The molecule has 2 amide bonds. The molecule has 1 aliphatic rings. The van der Waals surface area contributed by atoms with E-state index in [0.717, 1.165) is 5.82 Å². The van der Waals surface area contributed by atoms with Gasteiger partial charge in [-0.3, -0.25) is 4.79 Å². The van der Waals surface area contributed by atoms with Crippen LogP contribution in [0.1, 0.15) is 5.82 Å². The summed E-state index contributed by atoms with van der Waals surface area (Å²) in [6.07, 6.45) is 5.09. The molecule has 2 rings (SSSR count). The highest BCUT2D eigenvalue weighted by atomic mass is 16.4. The molecule has 7 heteroatoms. The minimum Gasteiger partial charge on any atom is -0.480 e. The van der Waals surface area contributed by atoms with Gasteiger partial charge in [-0.15, -0.1) is 6.58 Å². The minimum absolute atomic E-state index is 0.218. The zero-order chi connectivity index (χ0) is 13.8. The summed E-state index contributed by atoms with van der Waals surface area (Å²) in [5.41, 5.74) is 0. The van der Waals surface area contributed by atoms with E-state index < -0.39 is 5.97 Å². The molecule has 0 unspecified atom stereocenters. The van der Waals surface area contributed by atoms with Gasteiger partial charge < -0.3 is 19.5 Å². The second kappa shape index (κ2) is 5.55. The number of carboxylic acids is 1. The molecular formula is C12H16N4O3. The van der Waals surface area contributed by atoms with Crippen LogP contribution in [0.2, 0.25) is 0 Å². The lowest BCUT2D eigenvalue weighted by molar-refractivity contribution is -0.137. The molecule has 0 fully saturated rings. The molecule has 0 saturated carbocycles. The predicted octanol–water partition coefficient (Wildman–Crippen LogP) is 0.391. The van der Waals surface area contributed by atoms with E-state index in [1.165, 1.54) is 11.0 Å². The van der Waals surface area contributed by atoms with Crippen LogP contribution < -0.4 is 0 Å². The number of hydrogen-bond acceptors (Lipinski definition) is 3. The van der Waals surface area contributed by atoms with Gasteiger partial charge in [-0.05, 0) is 0 Å². The van der Waals surface area contributed by atoms with Gasteiger partial charge >= 0.3 is 12.0 Å². The summed E-state index contributed by atoms with van der Waals surface area (Å²) in [7, 11) is 0. The summed E-state index contributed by atoms with van der Waals surface area (Å²) in [6, 6.07) is -0.295. The Balaban J connectivity index is 2.06. The number of carboxylic acid groups (broad SMARTS) is 1. The average molecular weight is 264 g/mol. The molecular weight excluding hydrogens is 248 g/mol. The van der Waals surface area contributed by atoms with Crippen molar-refractivity contribution in [3.8, 4) is 0 Å². The van der Waals surface area contributed by atoms with Crippen molar-refractivity contribution in [2.75, 3.05) is 19.6 Å². The van der Waals surface area contributed by atoms with Gasteiger partial charge in [0.05, 0.1) is 6.54 Å². The second-order valence-electron chi connectivity index (χ2n) is 4.30. The van der Waals surface area contributed by atoms with Gasteiger partial charge in [-0.25, -0.2) is 9.78 Å². The Bertz CT molecular complexity index is 497. The summed E-state index contributed by atoms with van der Waals surface area (Å²) in [5, 5.41) is 8.82. The highest BCUT2D eigenvalue weighted by Crippen LogP contribution is 2.12. The maximum atomic E-state index is 12.3. The lowest BCUT2D eigenvalue weighted by Gasteiger charge is -2.32. The first-order valence-electron chi connectivity index (χ1n) is 5.98. The zero-order valence-corrected chi connectivity index (χ0v) is 10.5. The van der Waals surface area contributed by atoms with E-state index in [1.807, 2.05) is 10.8 Å². The lowest BCUT2D eigenvalue weighted by atomic mass is 10.3. The van der Waals surface area contributed by atoms with Crippen LogP contribution in [0, 0.1) is 0 Å². The Morgan fingerprint density at radius 2 is 2.32 bits per heavy atom. The summed E-state index contributed by atoms with van der Waals surface area (Å²) < 4.78 is 1.98. The Kier molecular flexibility index (Phi) is 3.84. The normalized spacial score (nSPS) is 13.8. The molecule has 1 N–H and O–H groups in total. The quantitative estimate of drug-likeness (QED) is 0.798. The molecule has 7 nitrogen and oxygen atoms in total. The van der Waals surface area contributed by atoms with E-state index in [1.54, 1.807) is 11.1 Å². The van der Waals surface area contributed by atoms with Crippen molar-refractivity contribution >= 4 is 12.0 Å². The van der Waals surface area contributed by atoms with E-state index in [9.17, 15) is 9.59 Å². The van der Waals surface area contributed by atoms with E-state index in [2.05, 4.69) is 11.6 Å². The Morgan fingerprint density at radius 1 is 1.53 bits per heavy atom. The first kappa shape index (κ1) is 13.1. The molecule has 0 atom stereocenters. The van der Waals surface area contributed by atoms with Crippen LogP contribution in [0.5, 0.6) is 0 Å². The standard InChI is InChI=1S/C12H16N4O3/c1-2-4-15(9-11(17)18)12(19)16-7-6-14-5-3-13-10(14)8-16/h2-3,5H,1,4,6-9H2,(H,17,18). The number of imidazole rings is 1. The van der Waals surface area contributed by atoms with Crippen LogP contribution in [0.4, 0.5) is 4.79 Å². The molecule has 0 aromatic carbocycles. The van der Waals surface area contributed by atoms with E-state index in [-0.39, 0.29) is 19.1 Å². The molecule has 0 spiro atoms. The average Bonchev–Trinajstić information content (AvgIpc) is 2.84. The fourth-order valence-electron chi connectivity index (χ4n) is 2.07. The van der Waals surface area contributed by atoms with Crippen molar-refractivity contribution in [3.63, 3.8) is 0 Å². The van der Waals surface area contributed by atoms with Crippen LogP contribution in [-0.2, 0) is 17.9 Å². The topological polar surface area (TPSA) is 78.7 Å². The third-order valence-electron chi connectivity index (χ3n) is 2.96. The van der Waals surface area contributed by atoms with Crippen LogP contribution in [0.3, 0.4) is 0 Å². The molecule has 0 saturated heterocycles. The van der Waals surface area contributed by atoms with Crippen LogP contribution in [0.15, 0.2) is 25.0 Å². The largest absolute Gasteiger partial charge is 0.480 e. The predicted molar refractivity (Wildman–Crippen MR) is 67.4 cm³/mol. The number of rotatable bonds is 4. The van der Waals surface area contributed by atoms with Crippen LogP contribution in [0.25, 0.3) is 0 Å². The van der Waals surface area contributed by atoms with Gasteiger partial charge in [0, 0.05) is 32.0 Å². The minimum atomic E-state index is -1.03. The van der Waals surface area contributed by atoms with Gasteiger partial charge in [-0.1, -0.05) is 6.08 Å². The van der Waals surface area contributed by atoms with Gasteiger partial charge in [0.15, 0.2) is 0 Å². The smallest absolute Gasteiger partial charge is 0.323 e. The zero-order valence-electron chi connectivity index (χ0n) is 10.5. The number of hydrogen-bond donors (Lipinski definition) is 1. The maximum absolute atomic E-state index is 12.3. The number of urea groups is 1. The number of aromatic nitrogens is 2. The molecule has 0 radical (unpaired) electrons. The van der Waals surface area contributed by atoms with Crippen molar-refractivity contribution in [2.45, 2.75) is 13.1 Å². The van der Waals surface area contributed by atoms with Crippen LogP contribution >= 0.6 is 0 Å². The molecule has 19 heavy (non-hydrogen) atoms. The summed E-state index contributed by atoms with van der Waals surface area (Å²) in [4.78, 5) is 30.1. The van der Waals surface area contributed by atoms with E-state index in [4.69, 9.17) is 5.11 Å². The van der Waals surface area contributed by atoms with Crippen molar-refractivity contribution in [3.05, 3.63) is 30.9 Å². The third-order valence-corrected chi connectivity index (χ3v) is 2.96. The molecule has 0 bridgehead atoms. The number of carbonyl (C=O) groups excluding carboxylic acids is 1. The van der Waals surface area contributed by atoms with Gasteiger partial charge in [0.25, 0.3) is 0 Å². The van der Waals surface area contributed by atoms with Crippen molar-refractivity contribution < 1.29 is 14.7 Å². The third kappa shape index (κ3) is 2.93. The number of fused-ring (bicyclic) bond motifs is 1. The van der Waals surface area contributed by atoms with Crippen LogP contribution in [-0.4, -0.2) is 56.1 Å². The van der Waals surface area contributed by atoms with Crippen molar-refractivity contribution in [1.29, 1.82) is 0 Å². The second-order valence-corrected chi connectivity index (χ2v) is 4.30. The van der Waals surface area contributed by atoms with Crippen molar-refractivity contribution in [1.82, 2.24) is 19.4 Å². The fraction of sp³-hybridized carbons (Fsp3) is 0.417. The highest BCUT2D eigenvalue weighted by molar-refractivity contribution is 5.80. The highest BCUT2D eigenvalue weighted by Gasteiger charge is 2.26. The summed E-state index contributed by atoms with van der Waals surface area (Å²) >= 11 is 0. The molecule has 1 aromatic heterocycles. The SMILES string of the molecule is C=CCN(CC(=O)O)C(=O)N1CCn2ccnc2C1. The first-order chi connectivity index (χ1) is 9.11. The van der Waals surface area contributed by atoms with E-state index >= 15 is 0 Å². The molecule has 102 valence electrons. The maximum Gasteiger partial charge on any atom is 0.323 e. The Labute approximate surface area is 110 Å². The fourth-order valence-corrected chi connectivity index (χ4v) is 2.07. The number of amides is 2. The first-order valence-corrected chi connectivity index (χ1v) is 5.98. The molecule has 2 heterocycles. The molecule has 1 aromatic rings. The van der Waals surface area contributed by atoms with Crippen molar-refractivity contribution in [2.24, 2.45) is 0 Å². The number of aliphatic carboxylic acids is 1. The number of nitrogens with zero attached hydrogens (tertiary/aromatic N) is 4. The summed E-state index contributed by atoms with van der Waals surface area (Å²) in [6.45, 7) is 5.07. The Morgan fingerprint density at radius 3 is 3.00 bits per heavy atom. The number of carbonyl (C=O) groups is 2. The Hall–Kier alpha value is -2.31. The van der Waals surface area contributed by atoms with Gasteiger partial charge in [0.1, 0.15) is 12.4 Å². The lowest BCUT2D eigenvalue weighted by Crippen LogP contribution is -2.48. The van der Waals surface area contributed by atoms with E-state index in [0.29, 0.717) is 19.6 Å². The molecule has 0 aliphatic carbocycles. The summed E-state index contributed by atoms with van der Waals surface area (Å²) in [5.74, 6) is -0.220. The van der Waals surface area contributed by atoms with Gasteiger partial charge in [-0.2, -0.15) is 0 Å². The monoisotopic (exact) mass is 264 g/mol. The molecule has 1 aliphatic heterocycles.